The Labute approximate surface area is 84.8 Å². The van der Waals surface area contributed by atoms with Gasteiger partial charge in [0.25, 0.3) is 0 Å². The van der Waals surface area contributed by atoms with Gasteiger partial charge in [-0.2, -0.15) is 0 Å². The summed E-state index contributed by atoms with van der Waals surface area (Å²) in [5.74, 6) is 0. The predicted octanol–water partition coefficient (Wildman–Crippen LogP) is 2.14. The average Bonchev–Trinajstić information content (AvgIpc) is 2.03. The first kappa shape index (κ1) is 10.9. The third-order valence-corrected chi connectivity index (χ3v) is 6.02. The van der Waals surface area contributed by atoms with E-state index in [2.05, 4.69) is 2.51 Å². The fraction of sp³-hybridized carbons (Fsp3) is 0.143. The fourth-order valence-electron chi connectivity index (χ4n) is 0.651. The summed E-state index contributed by atoms with van der Waals surface area (Å²) in [6.45, 7) is 0. The minimum atomic E-state index is -3.68. The zero-order valence-electron chi connectivity index (χ0n) is 6.78. The first-order chi connectivity index (χ1) is 5.99. The third kappa shape index (κ3) is 4.01. The average molecular weight is 318 g/mol. The Bertz CT molecular complexity index is 365. The molecule has 1 aromatic carbocycles. The van der Waals surface area contributed by atoms with Gasteiger partial charge in [0, 0.05) is 0 Å². The Morgan fingerprint density at radius 2 is 1.85 bits per heavy atom. The van der Waals surface area contributed by atoms with E-state index in [1.165, 1.54) is 12.1 Å². The van der Waals surface area contributed by atoms with Gasteiger partial charge in [-0.15, -0.1) is 0 Å². The molecular weight excluding hydrogens is 310 g/mol. The molecule has 0 bridgehead atoms. The van der Waals surface area contributed by atoms with Crippen molar-refractivity contribution in [2.45, 2.75) is 0 Å². The van der Waals surface area contributed by atoms with Crippen molar-refractivity contribution in [3.05, 3.63) is 33.9 Å². The van der Waals surface area contributed by atoms with E-state index >= 15 is 0 Å². The molecule has 13 heavy (non-hydrogen) atoms. The van der Waals surface area contributed by atoms with Gasteiger partial charge in [0.05, 0.1) is 0 Å². The van der Waals surface area contributed by atoms with Gasteiger partial charge in [-0.3, -0.25) is 0 Å². The van der Waals surface area contributed by atoms with Crippen molar-refractivity contribution in [1.82, 2.24) is 0 Å². The molecule has 3 nitrogen and oxygen atoms in total. The number of hydrogen-bond acceptors (Lipinski definition) is 3. The van der Waals surface area contributed by atoms with Gasteiger partial charge in [-0.05, 0) is 0 Å². The van der Waals surface area contributed by atoms with E-state index in [9.17, 15) is 11.3 Å². The van der Waals surface area contributed by atoms with Crippen LogP contribution in [0.1, 0.15) is 0 Å². The minimum absolute atomic E-state index is 0.345. The van der Waals surface area contributed by atoms with Gasteiger partial charge >= 0.3 is 84.9 Å². The molecule has 0 atom stereocenters. The molecule has 0 saturated carbocycles. The van der Waals surface area contributed by atoms with Crippen molar-refractivity contribution < 1.29 is 13.8 Å². The summed E-state index contributed by atoms with van der Waals surface area (Å²) in [5, 5.41) is 0. The Hall–Kier alpha value is -0.210. The van der Waals surface area contributed by atoms with Crippen LogP contribution < -0.4 is 0 Å². The molecule has 0 N–H and O–H groups in total. The van der Waals surface area contributed by atoms with Crippen LogP contribution >= 0.6 is 20.8 Å². The third-order valence-electron chi connectivity index (χ3n) is 1.07. The summed E-state index contributed by atoms with van der Waals surface area (Å²) in [6, 6.07) is 8.07. The zero-order chi connectivity index (χ0) is 9.90. The van der Waals surface area contributed by atoms with Crippen molar-refractivity contribution in [2.75, 3.05) is 6.26 Å². The van der Waals surface area contributed by atoms with Crippen LogP contribution in [0.2, 0.25) is 0 Å². The molecule has 0 spiro atoms. The Balaban J connectivity index is 2.76. The first-order valence-electron chi connectivity index (χ1n) is 3.31. The Morgan fingerprint density at radius 1 is 1.31 bits per heavy atom. The molecule has 1 rings (SSSR count). The number of rotatable bonds is 3. The number of benzene rings is 1. The van der Waals surface area contributed by atoms with E-state index in [0.29, 0.717) is 3.57 Å². The van der Waals surface area contributed by atoms with E-state index in [0.717, 1.165) is 6.26 Å². The van der Waals surface area contributed by atoms with Crippen LogP contribution in [0.5, 0.6) is 0 Å². The molecule has 0 amide bonds. The van der Waals surface area contributed by atoms with Gasteiger partial charge in [0.15, 0.2) is 0 Å². The normalized spacial score (nSPS) is 12.6. The molecule has 0 fully saturated rings. The maximum atomic E-state index is 13.2. The van der Waals surface area contributed by atoms with Crippen molar-refractivity contribution >= 4 is 30.9 Å². The first-order valence-corrected chi connectivity index (χ1v) is 7.90. The van der Waals surface area contributed by atoms with Gasteiger partial charge < -0.3 is 0 Å². The monoisotopic (exact) mass is 318 g/mol. The molecule has 0 aromatic heterocycles. The summed E-state index contributed by atoms with van der Waals surface area (Å²) in [7, 11) is -3.68. The molecule has 74 valence electrons. The van der Waals surface area contributed by atoms with Crippen LogP contribution in [0.3, 0.4) is 0 Å². The van der Waals surface area contributed by atoms with Gasteiger partial charge in [0.1, 0.15) is 0 Å². The van der Waals surface area contributed by atoms with E-state index in [1.807, 2.05) is 0 Å². The van der Waals surface area contributed by atoms with Crippen LogP contribution in [-0.2, 0) is 12.6 Å². The summed E-state index contributed by atoms with van der Waals surface area (Å²) < 4.78 is 39.0. The second-order valence-corrected chi connectivity index (χ2v) is 7.31. The molecule has 6 heteroatoms. The topological polar surface area (TPSA) is 43.4 Å². The second kappa shape index (κ2) is 4.34. The molecule has 0 radical (unpaired) electrons. The second-order valence-electron chi connectivity index (χ2n) is 2.27. The van der Waals surface area contributed by atoms with Gasteiger partial charge in [0.2, 0.25) is 0 Å². The van der Waals surface area contributed by atoms with E-state index in [-0.39, 0.29) is 0 Å². The standard InChI is InChI=1S/C7H8FIO3S/c1-13(10,11)12-9(8)7-5-3-2-4-6-7/h2-6H,1H3. The molecule has 1 aromatic rings. The maximum absolute atomic E-state index is 13.2. The van der Waals surface area contributed by atoms with Crippen molar-refractivity contribution in [1.29, 1.82) is 0 Å². The van der Waals surface area contributed by atoms with Gasteiger partial charge in [-0.1, -0.05) is 0 Å². The van der Waals surface area contributed by atoms with Gasteiger partial charge in [-0.25, -0.2) is 0 Å². The Morgan fingerprint density at radius 3 is 2.31 bits per heavy atom. The summed E-state index contributed by atoms with van der Waals surface area (Å²) in [6.07, 6.45) is 0.847. The number of hydrogen-bond donors (Lipinski definition) is 0. The van der Waals surface area contributed by atoms with Crippen LogP contribution in [0.15, 0.2) is 30.3 Å². The molecule has 0 unspecified atom stereocenters. The van der Waals surface area contributed by atoms with Crippen LogP contribution in [-0.4, -0.2) is 14.7 Å². The van der Waals surface area contributed by atoms with Crippen LogP contribution in [0.25, 0.3) is 0 Å². The summed E-state index contributed by atoms with van der Waals surface area (Å²) >= 11 is -3.45. The molecule has 0 aliphatic carbocycles. The van der Waals surface area contributed by atoms with E-state index in [1.54, 1.807) is 18.2 Å². The van der Waals surface area contributed by atoms with Crippen molar-refractivity contribution in [2.24, 2.45) is 0 Å². The van der Waals surface area contributed by atoms with Crippen LogP contribution in [0.4, 0.5) is 2.86 Å². The number of halogens is 2. The molecule has 0 aliphatic rings. The van der Waals surface area contributed by atoms with Crippen LogP contribution in [0, 0.1) is 3.57 Å². The SMILES string of the molecule is CS(=O)(=O)OI(F)c1ccccc1. The summed E-state index contributed by atoms with van der Waals surface area (Å²) in [4.78, 5) is 0. The zero-order valence-corrected chi connectivity index (χ0v) is 9.75. The van der Waals surface area contributed by atoms with Crippen molar-refractivity contribution in [3.8, 4) is 0 Å². The van der Waals surface area contributed by atoms with Crippen molar-refractivity contribution in [3.63, 3.8) is 0 Å². The van der Waals surface area contributed by atoms with E-state index in [4.69, 9.17) is 0 Å². The summed E-state index contributed by atoms with van der Waals surface area (Å²) in [5.41, 5.74) is 0. The molecular formula is C7H8FIO3S. The molecule has 0 heterocycles. The molecule has 0 saturated heterocycles. The fourth-order valence-corrected chi connectivity index (χ4v) is 4.25. The quantitative estimate of drug-likeness (QED) is 0.802. The predicted molar refractivity (Wildman–Crippen MR) is 56.2 cm³/mol. The van der Waals surface area contributed by atoms with E-state index < -0.39 is 30.9 Å². The molecule has 0 aliphatic heterocycles. The Kier molecular flexibility index (Phi) is 3.63.